The summed E-state index contributed by atoms with van der Waals surface area (Å²) in [5, 5.41) is 2.48. The Labute approximate surface area is 193 Å². The number of nitrogens with zero attached hydrogens (tertiary/aromatic N) is 1. The quantitative estimate of drug-likeness (QED) is 0.444. The van der Waals surface area contributed by atoms with Crippen LogP contribution in [0.15, 0.2) is 64.7 Å². The van der Waals surface area contributed by atoms with Crippen molar-refractivity contribution in [3.63, 3.8) is 0 Å². The second kappa shape index (κ2) is 7.38. The van der Waals surface area contributed by atoms with Crippen LogP contribution in [0.3, 0.4) is 0 Å². The van der Waals surface area contributed by atoms with Gasteiger partial charge in [-0.1, -0.05) is 58.4 Å². The number of amides is 1. The summed E-state index contributed by atoms with van der Waals surface area (Å²) in [7, 11) is 0. The Kier molecular flexibility index (Phi) is 4.62. The molecule has 1 fully saturated rings. The molecule has 3 atom stereocenters. The highest BCUT2D eigenvalue weighted by atomic mass is 79.9. The number of carbonyl (C=O) groups excluding carboxylic acids is 2. The number of aryl methyl sites for hydroxylation is 2. The lowest BCUT2D eigenvalue weighted by molar-refractivity contribution is -0.147. The van der Waals surface area contributed by atoms with Crippen molar-refractivity contribution in [1.82, 2.24) is 4.90 Å². The molecule has 2 heterocycles. The topological polar surface area (TPSA) is 46.6 Å². The van der Waals surface area contributed by atoms with Gasteiger partial charge in [-0.25, -0.2) is 4.79 Å². The van der Waals surface area contributed by atoms with E-state index in [0.717, 1.165) is 28.6 Å². The van der Waals surface area contributed by atoms with Crippen molar-refractivity contribution >= 4 is 50.3 Å². The van der Waals surface area contributed by atoms with Crippen LogP contribution in [0.4, 0.5) is 0 Å². The maximum absolute atomic E-state index is 13.5. The number of halogens is 1. The molecular weight excluding hydrogens is 474 g/mol. The first-order valence-electron chi connectivity index (χ1n) is 10.5. The van der Waals surface area contributed by atoms with E-state index in [0.29, 0.717) is 6.54 Å². The molecule has 6 heteroatoms. The Morgan fingerprint density at radius 3 is 2.84 bits per heavy atom. The molecular formula is C25H20BrNO3S. The van der Waals surface area contributed by atoms with Crippen molar-refractivity contribution in [2.75, 3.05) is 12.3 Å². The fourth-order valence-electron chi connectivity index (χ4n) is 5.09. The summed E-state index contributed by atoms with van der Waals surface area (Å²) in [4.78, 5) is 28.0. The van der Waals surface area contributed by atoms with Gasteiger partial charge in [-0.15, -0.1) is 11.8 Å². The normalized spacial score (nSPS) is 26.5. The molecule has 0 radical (unpaired) electrons. The lowest BCUT2D eigenvalue weighted by Crippen LogP contribution is -2.39. The van der Waals surface area contributed by atoms with Crippen LogP contribution in [-0.4, -0.2) is 35.2 Å². The van der Waals surface area contributed by atoms with Gasteiger partial charge in [-0.2, -0.15) is 0 Å². The predicted molar refractivity (Wildman–Crippen MR) is 126 cm³/mol. The molecule has 4 aliphatic rings. The molecule has 0 N–H and O–H groups in total. The molecule has 1 amide bonds. The van der Waals surface area contributed by atoms with Crippen LogP contribution in [-0.2, 0) is 27.2 Å². The first-order valence-corrected chi connectivity index (χ1v) is 12.4. The third-order valence-electron chi connectivity index (χ3n) is 6.56. The Balaban J connectivity index is 1.37. The van der Waals surface area contributed by atoms with Crippen molar-refractivity contribution in [2.24, 2.45) is 5.92 Å². The molecule has 0 bridgehead atoms. The molecule has 2 aliphatic carbocycles. The second-order valence-electron chi connectivity index (χ2n) is 8.31. The number of carbonyl (C=O) groups is 2. The molecule has 4 nitrogen and oxygen atoms in total. The second-order valence-corrected chi connectivity index (χ2v) is 10.4. The van der Waals surface area contributed by atoms with E-state index in [1.54, 1.807) is 17.8 Å². The highest BCUT2D eigenvalue weighted by Crippen LogP contribution is 2.44. The van der Waals surface area contributed by atoms with E-state index in [1.807, 2.05) is 23.1 Å². The summed E-state index contributed by atoms with van der Waals surface area (Å²) < 4.78 is 6.50. The van der Waals surface area contributed by atoms with Gasteiger partial charge in [-0.3, -0.25) is 4.79 Å². The molecule has 31 heavy (non-hydrogen) atoms. The lowest BCUT2D eigenvalue weighted by atomic mass is 9.92. The van der Waals surface area contributed by atoms with E-state index in [4.69, 9.17) is 4.74 Å². The highest BCUT2D eigenvalue weighted by molar-refractivity contribution is 9.11. The molecule has 0 unspecified atom stereocenters. The monoisotopic (exact) mass is 493 g/mol. The van der Waals surface area contributed by atoms with Crippen LogP contribution >= 0.6 is 27.7 Å². The van der Waals surface area contributed by atoms with Gasteiger partial charge in [0, 0.05) is 22.7 Å². The minimum atomic E-state index is -0.529. The maximum Gasteiger partial charge on any atom is 0.344 e. The predicted octanol–water partition coefficient (Wildman–Crippen LogP) is 4.83. The summed E-state index contributed by atoms with van der Waals surface area (Å²) in [6.45, 7) is 0.620. The van der Waals surface area contributed by atoms with Gasteiger partial charge in [0.2, 0.25) is 0 Å². The van der Waals surface area contributed by atoms with Gasteiger partial charge in [0.15, 0.2) is 0 Å². The molecule has 2 aliphatic heterocycles. The Morgan fingerprint density at radius 1 is 1.13 bits per heavy atom. The standard InChI is InChI=1S/C25H20BrNO3S/c26-17-7-9-21-16(12-17)13-20(25(29)30-21)23(28)27-10-11-31-24(27)19-8-6-15-5-4-14-2-1-3-18(19)22(14)15/h1-3,6-9,12-13,16,21,24H,4-5,10-11H2/t16-,21-,24-/m0/s1. The largest absolute Gasteiger partial charge is 0.453 e. The minimum absolute atomic E-state index is 0.0997. The number of hydrogen-bond acceptors (Lipinski definition) is 4. The van der Waals surface area contributed by atoms with Crippen LogP contribution in [0.2, 0.25) is 0 Å². The number of rotatable bonds is 2. The zero-order valence-electron chi connectivity index (χ0n) is 16.7. The van der Waals surface area contributed by atoms with E-state index in [1.165, 1.54) is 21.9 Å². The zero-order chi connectivity index (χ0) is 21.1. The Hall–Kier alpha value is -2.31. The van der Waals surface area contributed by atoms with Crippen LogP contribution in [0.25, 0.3) is 10.8 Å². The fraction of sp³-hybridized carbons (Fsp3) is 0.280. The SMILES string of the molecule is O=C1O[C@H]2C=CC(Br)=C[C@H]2C=C1C(=O)N1CCS[C@H]1c1ccc2c3c(cccc13)CC2. The molecule has 2 aromatic rings. The summed E-state index contributed by atoms with van der Waals surface area (Å²) in [6, 6.07) is 10.9. The summed E-state index contributed by atoms with van der Waals surface area (Å²) >= 11 is 5.24. The third kappa shape index (κ3) is 3.11. The zero-order valence-corrected chi connectivity index (χ0v) is 19.1. The van der Waals surface area contributed by atoms with E-state index in [-0.39, 0.29) is 28.9 Å². The maximum atomic E-state index is 13.5. The van der Waals surface area contributed by atoms with Crippen molar-refractivity contribution in [3.05, 3.63) is 81.4 Å². The Morgan fingerprint density at radius 2 is 1.97 bits per heavy atom. The number of fused-ring (bicyclic) bond motifs is 1. The van der Waals surface area contributed by atoms with Gasteiger partial charge in [-0.05, 0) is 52.5 Å². The number of thioether (sulfide) groups is 1. The third-order valence-corrected chi connectivity index (χ3v) is 8.33. The number of hydrogen-bond donors (Lipinski definition) is 0. The van der Waals surface area contributed by atoms with Crippen molar-refractivity contribution < 1.29 is 14.3 Å². The molecule has 1 saturated heterocycles. The van der Waals surface area contributed by atoms with Gasteiger partial charge in [0.05, 0.1) is 0 Å². The van der Waals surface area contributed by atoms with Crippen LogP contribution < -0.4 is 0 Å². The van der Waals surface area contributed by atoms with Crippen LogP contribution in [0, 0.1) is 5.92 Å². The summed E-state index contributed by atoms with van der Waals surface area (Å²) in [5.74, 6) is -0.0391. The molecule has 0 saturated carbocycles. The van der Waals surface area contributed by atoms with Gasteiger partial charge in [0.25, 0.3) is 5.91 Å². The first kappa shape index (κ1) is 19.4. The number of allylic oxidation sites excluding steroid dienone is 2. The lowest BCUT2D eigenvalue weighted by Gasteiger charge is -2.31. The number of ether oxygens (including phenoxy) is 1. The van der Waals surface area contributed by atoms with Crippen molar-refractivity contribution in [3.8, 4) is 0 Å². The van der Waals surface area contributed by atoms with Crippen LogP contribution in [0.1, 0.15) is 22.1 Å². The average molecular weight is 494 g/mol. The van der Waals surface area contributed by atoms with Crippen molar-refractivity contribution in [2.45, 2.75) is 24.3 Å². The smallest absolute Gasteiger partial charge is 0.344 e. The van der Waals surface area contributed by atoms with E-state index in [2.05, 4.69) is 46.3 Å². The van der Waals surface area contributed by atoms with Crippen molar-refractivity contribution in [1.29, 1.82) is 0 Å². The van der Waals surface area contributed by atoms with Gasteiger partial charge >= 0.3 is 5.97 Å². The molecule has 6 rings (SSSR count). The number of benzene rings is 2. The molecule has 0 aromatic heterocycles. The first-order chi connectivity index (χ1) is 15.1. The molecule has 0 spiro atoms. The number of esters is 1. The fourth-order valence-corrected chi connectivity index (χ4v) is 6.84. The average Bonchev–Trinajstić information content (AvgIpc) is 3.42. The van der Waals surface area contributed by atoms with Gasteiger partial charge < -0.3 is 9.64 Å². The molecule has 2 aromatic carbocycles. The summed E-state index contributed by atoms with van der Waals surface area (Å²) in [5.41, 5.74) is 4.08. The Bertz CT molecular complexity index is 1220. The molecule has 156 valence electrons. The minimum Gasteiger partial charge on any atom is -0.453 e. The van der Waals surface area contributed by atoms with E-state index >= 15 is 0 Å². The van der Waals surface area contributed by atoms with E-state index < -0.39 is 5.97 Å². The summed E-state index contributed by atoms with van der Waals surface area (Å²) in [6.07, 6.45) is 9.29. The van der Waals surface area contributed by atoms with Gasteiger partial charge in [0.1, 0.15) is 17.1 Å². The van der Waals surface area contributed by atoms with Crippen LogP contribution in [0.5, 0.6) is 0 Å². The highest BCUT2D eigenvalue weighted by Gasteiger charge is 2.39. The van der Waals surface area contributed by atoms with E-state index in [9.17, 15) is 9.59 Å².